The van der Waals surface area contributed by atoms with Crippen LogP contribution in [-0.4, -0.2) is 30.2 Å². The van der Waals surface area contributed by atoms with Gasteiger partial charge in [0.2, 0.25) is 0 Å². The summed E-state index contributed by atoms with van der Waals surface area (Å²) in [7, 11) is 1.28. The topological polar surface area (TPSA) is 67.8 Å². The molecule has 1 heterocycles. The number of rotatable bonds is 1. The number of hydrogen-bond acceptors (Lipinski definition) is 3. The average molecular weight is 227 g/mol. The van der Waals surface area contributed by atoms with Gasteiger partial charge in [0.15, 0.2) is 0 Å². The number of halogens is 1. The van der Waals surface area contributed by atoms with Gasteiger partial charge in [-0.25, -0.2) is 9.59 Å². The molecule has 0 fully saturated rings. The molecule has 1 aliphatic carbocycles. The van der Waals surface area contributed by atoms with Crippen molar-refractivity contribution in [3.05, 3.63) is 23.4 Å². The Morgan fingerprint density at radius 2 is 2.40 bits per heavy atom. The van der Waals surface area contributed by atoms with Crippen LogP contribution in [0, 0.1) is 0 Å². The van der Waals surface area contributed by atoms with Gasteiger partial charge in [-0.3, -0.25) is 0 Å². The normalized spacial score (nSPS) is 23.5. The zero-order valence-electron chi connectivity index (χ0n) is 7.78. The number of allylic oxidation sites excluding steroid dienone is 2. The fraction of sp³-hybridized carbons (Fsp3) is 0.222. The predicted octanol–water partition coefficient (Wildman–Crippen LogP) is 0.755. The van der Waals surface area contributed by atoms with Gasteiger partial charge in [0, 0.05) is 0 Å². The Morgan fingerprint density at radius 3 is 3.07 bits per heavy atom. The molecule has 0 bridgehead atoms. The second kappa shape index (κ2) is 3.51. The molecule has 78 valence electrons. The number of amides is 2. The first-order chi connectivity index (χ1) is 7.11. The minimum atomic E-state index is -0.585. The third kappa shape index (κ3) is 1.66. The number of carbonyl (C=O) groups is 2. The van der Waals surface area contributed by atoms with Gasteiger partial charge in [-0.15, -0.1) is 11.6 Å². The lowest BCUT2D eigenvalue weighted by Crippen LogP contribution is -2.24. The van der Waals surface area contributed by atoms with Crippen molar-refractivity contribution in [2.24, 2.45) is 4.99 Å². The number of fused-ring (bicyclic) bond motifs is 1. The Labute approximate surface area is 90.5 Å². The zero-order chi connectivity index (χ0) is 11.0. The number of carbonyl (C=O) groups excluding carboxylic acids is 2. The largest absolute Gasteiger partial charge is 0.465 e. The van der Waals surface area contributed by atoms with Crippen LogP contribution in [0.25, 0.3) is 0 Å². The van der Waals surface area contributed by atoms with Gasteiger partial charge >= 0.3 is 12.0 Å². The molecule has 15 heavy (non-hydrogen) atoms. The van der Waals surface area contributed by atoms with Crippen LogP contribution >= 0.6 is 11.6 Å². The monoisotopic (exact) mass is 226 g/mol. The molecule has 1 atom stereocenters. The first-order valence-electron chi connectivity index (χ1n) is 4.17. The second-order valence-electron chi connectivity index (χ2n) is 3.00. The third-order valence-electron chi connectivity index (χ3n) is 2.05. The fourth-order valence-corrected chi connectivity index (χ4v) is 1.68. The molecule has 5 nitrogen and oxygen atoms in total. The first-order valence-corrected chi connectivity index (χ1v) is 4.61. The number of hydrogen-bond donors (Lipinski definition) is 1. The molecule has 1 unspecified atom stereocenters. The summed E-state index contributed by atoms with van der Waals surface area (Å²) in [5.74, 6) is -0.492. The van der Waals surface area contributed by atoms with Crippen molar-refractivity contribution in [3.63, 3.8) is 0 Å². The zero-order valence-corrected chi connectivity index (χ0v) is 8.54. The van der Waals surface area contributed by atoms with Crippen molar-refractivity contribution in [3.8, 4) is 0 Å². The Morgan fingerprint density at radius 1 is 1.67 bits per heavy atom. The summed E-state index contributed by atoms with van der Waals surface area (Å²) in [6.45, 7) is 0. The first kappa shape index (κ1) is 9.92. The van der Waals surface area contributed by atoms with Gasteiger partial charge in [0.05, 0.1) is 29.5 Å². The number of ether oxygens (including phenoxy) is 1. The smallest absolute Gasteiger partial charge is 0.345 e. The van der Waals surface area contributed by atoms with Crippen LogP contribution in [0.1, 0.15) is 0 Å². The number of nitrogens with one attached hydrogen (secondary N) is 1. The predicted molar refractivity (Wildman–Crippen MR) is 53.8 cm³/mol. The average Bonchev–Trinajstić information content (AvgIpc) is 2.58. The molecular weight excluding hydrogens is 220 g/mol. The molecule has 0 spiro atoms. The van der Waals surface area contributed by atoms with Crippen molar-refractivity contribution in [1.82, 2.24) is 5.32 Å². The molecule has 6 heteroatoms. The number of nitrogens with zero attached hydrogens (tertiary/aromatic N) is 1. The molecule has 0 aromatic heterocycles. The molecule has 0 aromatic rings. The van der Waals surface area contributed by atoms with Crippen LogP contribution in [0.15, 0.2) is 28.4 Å². The molecular formula is C9H7ClN2O3. The van der Waals surface area contributed by atoms with E-state index in [1.54, 1.807) is 0 Å². The SMILES string of the molecule is COC(=O)C1=CC(Cl)C2=NC(=O)NC2=C1. The summed E-state index contributed by atoms with van der Waals surface area (Å²) in [5, 5.41) is 1.90. The lowest BCUT2D eigenvalue weighted by molar-refractivity contribution is -0.135. The second-order valence-corrected chi connectivity index (χ2v) is 3.47. The number of urea groups is 1. The maximum atomic E-state index is 11.2. The van der Waals surface area contributed by atoms with Crippen molar-refractivity contribution in [2.45, 2.75) is 5.38 Å². The van der Waals surface area contributed by atoms with Gasteiger partial charge in [0.1, 0.15) is 0 Å². The highest BCUT2D eigenvalue weighted by Crippen LogP contribution is 2.22. The van der Waals surface area contributed by atoms with Crippen LogP contribution < -0.4 is 5.32 Å². The Kier molecular flexibility index (Phi) is 2.32. The number of alkyl halides is 1. The van der Waals surface area contributed by atoms with E-state index in [9.17, 15) is 9.59 Å². The van der Waals surface area contributed by atoms with Crippen molar-refractivity contribution in [2.75, 3.05) is 7.11 Å². The standard InChI is InChI=1S/C9H7ClN2O3/c1-15-8(13)4-2-5(10)7-6(3-4)11-9(14)12-7/h2-3,5H,1H3,(H,11,14). The van der Waals surface area contributed by atoms with E-state index < -0.39 is 17.4 Å². The Balaban J connectivity index is 2.36. The van der Waals surface area contributed by atoms with Crippen LogP contribution in [0.5, 0.6) is 0 Å². The van der Waals surface area contributed by atoms with E-state index in [1.807, 2.05) is 0 Å². The summed E-state index contributed by atoms with van der Waals surface area (Å²) < 4.78 is 4.55. The molecule has 2 aliphatic rings. The lowest BCUT2D eigenvalue weighted by atomic mass is 10.0. The quantitative estimate of drug-likeness (QED) is 0.530. The van der Waals surface area contributed by atoms with Gasteiger partial charge < -0.3 is 10.1 Å². The summed E-state index contributed by atoms with van der Waals surface area (Å²) in [4.78, 5) is 25.9. The Hall–Kier alpha value is -1.62. The highest BCUT2D eigenvalue weighted by molar-refractivity contribution is 6.39. The van der Waals surface area contributed by atoms with E-state index in [1.165, 1.54) is 19.3 Å². The van der Waals surface area contributed by atoms with E-state index >= 15 is 0 Å². The van der Waals surface area contributed by atoms with Gasteiger partial charge in [0.25, 0.3) is 0 Å². The van der Waals surface area contributed by atoms with Crippen molar-refractivity contribution in [1.29, 1.82) is 0 Å². The molecule has 2 rings (SSSR count). The third-order valence-corrected chi connectivity index (χ3v) is 2.38. The highest BCUT2D eigenvalue weighted by Gasteiger charge is 2.29. The van der Waals surface area contributed by atoms with E-state index in [0.717, 1.165) is 0 Å². The number of esters is 1. The van der Waals surface area contributed by atoms with Crippen LogP contribution in [-0.2, 0) is 9.53 Å². The molecule has 0 saturated carbocycles. The maximum absolute atomic E-state index is 11.2. The summed E-state index contributed by atoms with van der Waals surface area (Å²) in [6, 6.07) is -0.471. The van der Waals surface area contributed by atoms with E-state index in [-0.39, 0.29) is 0 Å². The minimum absolute atomic E-state index is 0.314. The van der Waals surface area contributed by atoms with Crippen LogP contribution in [0.2, 0.25) is 0 Å². The summed E-state index contributed by atoms with van der Waals surface area (Å²) in [5.41, 5.74) is 1.21. The molecule has 0 radical (unpaired) electrons. The minimum Gasteiger partial charge on any atom is -0.465 e. The van der Waals surface area contributed by atoms with E-state index in [0.29, 0.717) is 17.0 Å². The lowest BCUT2D eigenvalue weighted by Gasteiger charge is -2.13. The summed E-state index contributed by atoms with van der Waals surface area (Å²) >= 11 is 5.93. The molecule has 1 aliphatic heterocycles. The highest BCUT2D eigenvalue weighted by atomic mass is 35.5. The van der Waals surface area contributed by atoms with E-state index in [2.05, 4.69) is 15.0 Å². The number of methoxy groups -OCH3 is 1. The molecule has 0 saturated heterocycles. The molecule has 0 aromatic carbocycles. The van der Waals surface area contributed by atoms with Crippen molar-refractivity contribution >= 4 is 29.3 Å². The fourth-order valence-electron chi connectivity index (χ4n) is 1.38. The maximum Gasteiger partial charge on any atom is 0.345 e. The van der Waals surface area contributed by atoms with Gasteiger partial charge in [-0.2, -0.15) is 4.99 Å². The van der Waals surface area contributed by atoms with E-state index in [4.69, 9.17) is 11.6 Å². The Bertz CT molecular complexity index is 437. The van der Waals surface area contributed by atoms with Crippen LogP contribution in [0.3, 0.4) is 0 Å². The van der Waals surface area contributed by atoms with Gasteiger partial charge in [-0.05, 0) is 12.2 Å². The van der Waals surface area contributed by atoms with Crippen LogP contribution in [0.4, 0.5) is 4.79 Å². The molecule has 2 amide bonds. The molecule has 1 N–H and O–H groups in total. The summed E-state index contributed by atoms with van der Waals surface area (Å²) in [6.07, 6.45) is 2.99. The van der Waals surface area contributed by atoms with Crippen molar-refractivity contribution < 1.29 is 14.3 Å². The number of aliphatic imine (C=N–C) groups is 1. The van der Waals surface area contributed by atoms with Gasteiger partial charge in [-0.1, -0.05) is 0 Å².